The van der Waals surface area contributed by atoms with E-state index in [4.69, 9.17) is 0 Å². The van der Waals surface area contributed by atoms with Crippen molar-refractivity contribution in [3.05, 3.63) is 0 Å². The summed E-state index contributed by atoms with van der Waals surface area (Å²) >= 11 is 0. The summed E-state index contributed by atoms with van der Waals surface area (Å²) in [5.41, 5.74) is 0. The predicted molar refractivity (Wildman–Crippen MR) is 72.2 cm³/mol. The fourth-order valence-electron chi connectivity index (χ4n) is 2.02. The van der Waals surface area contributed by atoms with Crippen molar-refractivity contribution >= 4 is 15.7 Å². The first-order valence-electron chi connectivity index (χ1n) is 6.67. The van der Waals surface area contributed by atoms with Gasteiger partial charge in [-0.3, -0.25) is 4.79 Å². The van der Waals surface area contributed by atoms with E-state index in [0.29, 0.717) is 19.6 Å². The molecule has 0 bridgehead atoms. The van der Waals surface area contributed by atoms with Crippen molar-refractivity contribution in [1.82, 2.24) is 10.2 Å². The van der Waals surface area contributed by atoms with E-state index >= 15 is 0 Å². The van der Waals surface area contributed by atoms with Gasteiger partial charge in [0.05, 0.1) is 5.25 Å². The lowest BCUT2D eigenvalue weighted by atomic mass is 10.1. The molecule has 18 heavy (non-hydrogen) atoms. The first-order valence-corrected chi connectivity index (χ1v) is 8.39. The molecule has 6 heteroatoms. The Morgan fingerprint density at radius 2 is 1.89 bits per heavy atom. The van der Waals surface area contributed by atoms with Gasteiger partial charge in [-0.15, -0.1) is 0 Å². The normalized spacial score (nSPS) is 18.7. The first-order chi connectivity index (χ1) is 8.47. The molecule has 5 nitrogen and oxygen atoms in total. The topological polar surface area (TPSA) is 66.5 Å². The number of hydrogen-bond donors (Lipinski definition) is 1. The zero-order valence-corrected chi connectivity index (χ0v) is 12.1. The van der Waals surface area contributed by atoms with E-state index in [-0.39, 0.29) is 11.7 Å². The number of sulfone groups is 1. The third kappa shape index (κ3) is 4.57. The summed E-state index contributed by atoms with van der Waals surface area (Å²) in [6.07, 6.45) is 3.10. The van der Waals surface area contributed by atoms with Gasteiger partial charge in [0, 0.05) is 19.6 Å². The van der Waals surface area contributed by atoms with Gasteiger partial charge >= 0.3 is 0 Å². The van der Waals surface area contributed by atoms with Crippen LogP contribution in [0.3, 0.4) is 0 Å². The Labute approximate surface area is 110 Å². The van der Waals surface area contributed by atoms with Gasteiger partial charge in [-0.25, -0.2) is 8.42 Å². The van der Waals surface area contributed by atoms with Crippen molar-refractivity contribution in [2.45, 2.75) is 38.4 Å². The molecule has 1 saturated heterocycles. The molecule has 1 aliphatic rings. The lowest BCUT2D eigenvalue weighted by Gasteiger charge is -2.27. The molecule has 0 saturated carbocycles. The highest BCUT2D eigenvalue weighted by Gasteiger charge is 2.27. The average molecular weight is 276 g/mol. The molecule has 1 heterocycles. The van der Waals surface area contributed by atoms with Gasteiger partial charge in [-0.1, -0.05) is 6.92 Å². The maximum absolute atomic E-state index is 12.0. The Morgan fingerprint density at radius 1 is 1.28 bits per heavy atom. The van der Waals surface area contributed by atoms with Gasteiger partial charge in [-0.2, -0.15) is 0 Å². The fourth-order valence-corrected chi connectivity index (χ4v) is 3.21. The van der Waals surface area contributed by atoms with Gasteiger partial charge in [0.2, 0.25) is 5.91 Å². The van der Waals surface area contributed by atoms with Crippen molar-refractivity contribution < 1.29 is 13.2 Å². The maximum atomic E-state index is 12.0. The molecular formula is C12H24N2O3S. The summed E-state index contributed by atoms with van der Waals surface area (Å²) in [7, 11) is -3.33. The van der Waals surface area contributed by atoms with E-state index in [1.165, 1.54) is 0 Å². The molecule has 0 aromatic carbocycles. The molecule has 1 amide bonds. The van der Waals surface area contributed by atoms with E-state index in [1.807, 2.05) is 6.92 Å². The van der Waals surface area contributed by atoms with Crippen molar-refractivity contribution in [2.24, 2.45) is 0 Å². The van der Waals surface area contributed by atoms with Crippen LogP contribution in [0.25, 0.3) is 0 Å². The van der Waals surface area contributed by atoms with Crippen molar-refractivity contribution in [3.8, 4) is 0 Å². The van der Waals surface area contributed by atoms with E-state index in [9.17, 15) is 13.2 Å². The Balaban J connectivity index is 2.50. The van der Waals surface area contributed by atoms with Crippen LogP contribution in [0, 0.1) is 0 Å². The third-order valence-corrected chi connectivity index (χ3v) is 5.37. The molecule has 0 aromatic rings. The van der Waals surface area contributed by atoms with E-state index in [2.05, 4.69) is 5.32 Å². The summed E-state index contributed by atoms with van der Waals surface area (Å²) in [6.45, 7) is 6.14. The molecule has 0 aliphatic carbocycles. The smallest absolute Gasteiger partial charge is 0.237 e. The summed E-state index contributed by atoms with van der Waals surface area (Å²) in [5, 5.41) is 2.49. The molecular weight excluding hydrogens is 252 g/mol. The van der Waals surface area contributed by atoms with Crippen LogP contribution in [0.4, 0.5) is 0 Å². The largest absolute Gasteiger partial charge is 0.342 e. The second kappa shape index (κ2) is 7.09. The van der Waals surface area contributed by atoms with Crippen LogP contribution in [-0.4, -0.2) is 56.4 Å². The van der Waals surface area contributed by atoms with Gasteiger partial charge in [0.15, 0.2) is 9.84 Å². The molecule has 0 aromatic heterocycles. The molecule has 1 aliphatic heterocycles. The third-order valence-electron chi connectivity index (χ3n) is 3.33. The number of piperidine rings is 1. The SMILES string of the molecule is CCNCC(C)S(=O)(=O)CC(=O)N1CCCCC1. The molecule has 0 radical (unpaired) electrons. The highest BCUT2D eigenvalue weighted by atomic mass is 32.2. The number of nitrogens with one attached hydrogen (secondary N) is 1. The van der Waals surface area contributed by atoms with Crippen LogP contribution in [0.2, 0.25) is 0 Å². The highest BCUT2D eigenvalue weighted by Crippen LogP contribution is 2.11. The monoisotopic (exact) mass is 276 g/mol. The van der Waals surface area contributed by atoms with Crippen LogP contribution < -0.4 is 5.32 Å². The number of rotatable bonds is 6. The minimum absolute atomic E-state index is 0.238. The maximum Gasteiger partial charge on any atom is 0.237 e. The van der Waals surface area contributed by atoms with E-state index in [1.54, 1.807) is 11.8 Å². The Morgan fingerprint density at radius 3 is 2.44 bits per heavy atom. The summed E-state index contributed by atoms with van der Waals surface area (Å²) in [5.74, 6) is -0.586. The molecule has 0 spiro atoms. The lowest BCUT2D eigenvalue weighted by Crippen LogP contribution is -2.42. The van der Waals surface area contributed by atoms with Crippen LogP contribution in [0.5, 0.6) is 0 Å². The molecule has 1 atom stereocenters. The zero-order valence-electron chi connectivity index (χ0n) is 11.3. The summed E-state index contributed by atoms with van der Waals surface area (Å²) < 4.78 is 24.0. The fraction of sp³-hybridized carbons (Fsp3) is 0.917. The van der Waals surface area contributed by atoms with Crippen molar-refractivity contribution in [1.29, 1.82) is 0 Å². The van der Waals surface area contributed by atoms with Gasteiger partial charge in [-0.05, 0) is 32.7 Å². The summed E-state index contributed by atoms with van der Waals surface area (Å²) in [6, 6.07) is 0. The number of amides is 1. The number of hydrogen-bond acceptors (Lipinski definition) is 4. The second-order valence-corrected chi connectivity index (χ2v) is 7.29. The quantitative estimate of drug-likeness (QED) is 0.763. The van der Waals surface area contributed by atoms with Crippen LogP contribution in [0.15, 0.2) is 0 Å². The zero-order chi connectivity index (χ0) is 13.6. The van der Waals surface area contributed by atoms with Crippen LogP contribution in [-0.2, 0) is 14.6 Å². The van der Waals surface area contributed by atoms with Gasteiger partial charge in [0.1, 0.15) is 5.75 Å². The second-order valence-electron chi connectivity index (χ2n) is 4.87. The number of carbonyl (C=O) groups is 1. The average Bonchev–Trinajstić information content (AvgIpc) is 2.36. The van der Waals surface area contributed by atoms with Crippen LogP contribution in [0.1, 0.15) is 33.1 Å². The van der Waals surface area contributed by atoms with E-state index < -0.39 is 15.1 Å². The summed E-state index contributed by atoms with van der Waals surface area (Å²) in [4.78, 5) is 13.6. The number of nitrogens with zero attached hydrogens (tertiary/aromatic N) is 1. The Hall–Kier alpha value is -0.620. The first kappa shape index (κ1) is 15.4. The van der Waals surface area contributed by atoms with Gasteiger partial charge in [0.25, 0.3) is 0 Å². The molecule has 1 unspecified atom stereocenters. The van der Waals surface area contributed by atoms with Crippen molar-refractivity contribution in [3.63, 3.8) is 0 Å². The lowest BCUT2D eigenvalue weighted by molar-refractivity contribution is -0.129. The minimum atomic E-state index is -3.33. The van der Waals surface area contributed by atoms with Crippen LogP contribution >= 0.6 is 0 Å². The highest BCUT2D eigenvalue weighted by molar-refractivity contribution is 7.92. The Kier molecular flexibility index (Phi) is 6.08. The number of carbonyl (C=O) groups excluding carboxylic acids is 1. The van der Waals surface area contributed by atoms with Crippen molar-refractivity contribution in [2.75, 3.05) is 31.9 Å². The van der Waals surface area contributed by atoms with E-state index in [0.717, 1.165) is 25.8 Å². The predicted octanol–water partition coefficient (Wildman–Crippen LogP) is 0.412. The Bertz CT molecular complexity index is 362. The van der Waals surface area contributed by atoms with Gasteiger partial charge < -0.3 is 10.2 Å². The molecule has 1 fully saturated rings. The minimum Gasteiger partial charge on any atom is -0.342 e. The standard InChI is InChI=1S/C12H24N2O3S/c1-3-13-9-11(2)18(16,17)10-12(15)14-7-5-4-6-8-14/h11,13H,3-10H2,1-2H3. The molecule has 1 rings (SSSR count). The number of likely N-dealkylation sites (tertiary alicyclic amines) is 1. The molecule has 106 valence electrons. The molecule has 1 N–H and O–H groups in total.